The molecule has 0 saturated heterocycles. The first-order chi connectivity index (χ1) is 12.9. The summed E-state index contributed by atoms with van der Waals surface area (Å²) in [6, 6.07) is 15.5. The molecule has 0 bridgehead atoms. The molecular formula is C23H26N2O2. The fraction of sp³-hybridized carbons (Fsp3) is 0.391. The predicted molar refractivity (Wildman–Crippen MR) is 105 cm³/mol. The molecule has 140 valence electrons. The van der Waals surface area contributed by atoms with Gasteiger partial charge >= 0.3 is 0 Å². The van der Waals surface area contributed by atoms with Crippen molar-refractivity contribution in [2.75, 3.05) is 0 Å². The third kappa shape index (κ3) is 4.41. The van der Waals surface area contributed by atoms with E-state index in [1.54, 1.807) is 6.26 Å². The van der Waals surface area contributed by atoms with Crippen LogP contribution < -0.4 is 9.47 Å². The molecule has 4 nitrogen and oxygen atoms in total. The van der Waals surface area contributed by atoms with Gasteiger partial charge in [0.2, 0.25) is 0 Å². The van der Waals surface area contributed by atoms with Crippen LogP contribution >= 0.6 is 0 Å². The van der Waals surface area contributed by atoms with Crippen molar-refractivity contribution in [1.82, 2.24) is 0 Å². The van der Waals surface area contributed by atoms with E-state index in [0.29, 0.717) is 11.5 Å². The molecule has 2 rings (SSSR count). The maximum Gasteiger partial charge on any atom is 0.292 e. The molecule has 0 amide bonds. The van der Waals surface area contributed by atoms with E-state index in [2.05, 4.69) is 33.8 Å². The number of nitrogens with zero attached hydrogens (tertiary/aromatic N) is 2. The Morgan fingerprint density at radius 2 is 1.41 bits per heavy atom. The van der Waals surface area contributed by atoms with Crippen molar-refractivity contribution in [1.29, 1.82) is 10.5 Å². The summed E-state index contributed by atoms with van der Waals surface area (Å²) in [5.74, 6) is 1.17. The molecule has 0 N–H and O–H groups in total. The molecule has 0 aliphatic rings. The SMILES string of the molecule is CCC(C)(CC(C)(CC)c1ccccc1OC#N)c1ccc(OC#N)cc1. The first-order valence-corrected chi connectivity index (χ1v) is 9.24. The Morgan fingerprint density at radius 1 is 0.815 bits per heavy atom. The second kappa shape index (κ2) is 8.60. The van der Waals surface area contributed by atoms with Crippen molar-refractivity contribution in [2.45, 2.75) is 57.8 Å². The second-order valence-corrected chi connectivity index (χ2v) is 7.41. The molecule has 2 atom stereocenters. The van der Waals surface area contributed by atoms with Gasteiger partial charge in [-0.15, -0.1) is 10.5 Å². The van der Waals surface area contributed by atoms with Crippen LogP contribution in [0.1, 0.15) is 58.1 Å². The average molecular weight is 362 g/mol. The van der Waals surface area contributed by atoms with E-state index >= 15 is 0 Å². The molecule has 0 heterocycles. The molecule has 4 heteroatoms. The zero-order valence-corrected chi connectivity index (χ0v) is 16.5. The highest BCUT2D eigenvalue weighted by Gasteiger charge is 2.37. The fourth-order valence-electron chi connectivity index (χ4n) is 3.78. The van der Waals surface area contributed by atoms with Crippen molar-refractivity contribution in [2.24, 2.45) is 0 Å². The lowest BCUT2D eigenvalue weighted by molar-refractivity contribution is 0.285. The van der Waals surface area contributed by atoms with Crippen LogP contribution in [-0.4, -0.2) is 0 Å². The quantitative estimate of drug-likeness (QED) is 0.554. The normalized spacial score (nSPS) is 14.9. The van der Waals surface area contributed by atoms with Crippen molar-refractivity contribution < 1.29 is 9.47 Å². The van der Waals surface area contributed by atoms with Gasteiger partial charge in [-0.25, -0.2) is 0 Å². The third-order valence-electron chi connectivity index (χ3n) is 5.75. The summed E-state index contributed by atoms with van der Waals surface area (Å²) >= 11 is 0. The Kier molecular flexibility index (Phi) is 6.48. The van der Waals surface area contributed by atoms with Crippen LogP contribution in [0, 0.1) is 23.0 Å². The van der Waals surface area contributed by atoms with Crippen LogP contribution in [0.2, 0.25) is 0 Å². The van der Waals surface area contributed by atoms with Gasteiger partial charge < -0.3 is 9.47 Å². The maximum absolute atomic E-state index is 9.00. The van der Waals surface area contributed by atoms with Crippen molar-refractivity contribution in [3.63, 3.8) is 0 Å². The van der Waals surface area contributed by atoms with E-state index in [-0.39, 0.29) is 10.8 Å². The number of para-hydroxylation sites is 1. The van der Waals surface area contributed by atoms with Gasteiger partial charge in [0.15, 0.2) is 0 Å². The lowest BCUT2D eigenvalue weighted by atomic mass is 9.64. The van der Waals surface area contributed by atoms with Crippen LogP contribution in [0.4, 0.5) is 0 Å². The van der Waals surface area contributed by atoms with Gasteiger partial charge in [0.1, 0.15) is 11.5 Å². The molecule has 0 saturated carbocycles. The van der Waals surface area contributed by atoms with Crippen molar-refractivity contribution in [3.8, 4) is 24.0 Å². The molecule has 2 aromatic carbocycles. The summed E-state index contributed by atoms with van der Waals surface area (Å²) < 4.78 is 10.1. The number of benzene rings is 2. The summed E-state index contributed by atoms with van der Waals surface area (Å²) in [5, 5.41) is 17.7. The summed E-state index contributed by atoms with van der Waals surface area (Å²) in [7, 11) is 0. The van der Waals surface area contributed by atoms with Crippen LogP contribution in [0.25, 0.3) is 0 Å². The molecule has 2 aromatic rings. The monoisotopic (exact) mass is 362 g/mol. The van der Waals surface area contributed by atoms with E-state index in [9.17, 15) is 0 Å². The van der Waals surface area contributed by atoms with Gasteiger partial charge in [-0.3, -0.25) is 0 Å². The number of rotatable bonds is 8. The Bertz CT molecular complexity index is 848. The Hall–Kier alpha value is -2.98. The van der Waals surface area contributed by atoms with Gasteiger partial charge in [0.25, 0.3) is 12.5 Å². The molecule has 2 unspecified atom stereocenters. The molecule has 0 aliphatic carbocycles. The fourth-order valence-corrected chi connectivity index (χ4v) is 3.78. The summed E-state index contributed by atoms with van der Waals surface area (Å²) in [6.45, 7) is 8.85. The van der Waals surface area contributed by atoms with Gasteiger partial charge in [0.05, 0.1) is 0 Å². The largest absolute Gasteiger partial charge is 0.388 e. The van der Waals surface area contributed by atoms with Crippen LogP contribution in [0.5, 0.6) is 11.5 Å². The first-order valence-electron chi connectivity index (χ1n) is 9.24. The highest BCUT2D eigenvalue weighted by atomic mass is 16.5. The van der Waals surface area contributed by atoms with Crippen molar-refractivity contribution in [3.05, 3.63) is 59.7 Å². The minimum Gasteiger partial charge on any atom is -0.388 e. The molecule has 27 heavy (non-hydrogen) atoms. The standard InChI is InChI=1S/C23H26N2O2/c1-5-22(3,18-11-13-19(14-12-18)26-16-24)15-23(4,6-2)20-9-7-8-10-21(20)27-17-25/h7-14H,5-6,15H2,1-4H3. The molecule has 0 fully saturated rings. The summed E-state index contributed by atoms with van der Waals surface area (Å²) in [6.07, 6.45) is 6.29. The van der Waals surface area contributed by atoms with Gasteiger partial charge in [-0.05, 0) is 53.9 Å². The third-order valence-corrected chi connectivity index (χ3v) is 5.75. The zero-order chi connectivity index (χ0) is 19.9. The smallest absolute Gasteiger partial charge is 0.292 e. The van der Waals surface area contributed by atoms with Crippen LogP contribution in [0.3, 0.4) is 0 Å². The van der Waals surface area contributed by atoms with E-state index < -0.39 is 0 Å². The number of hydrogen-bond acceptors (Lipinski definition) is 4. The summed E-state index contributed by atoms with van der Waals surface area (Å²) in [5.41, 5.74) is 2.03. The molecule has 0 aromatic heterocycles. The summed E-state index contributed by atoms with van der Waals surface area (Å²) in [4.78, 5) is 0. The number of ether oxygens (including phenoxy) is 2. The first kappa shape index (κ1) is 20.3. The van der Waals surface area contributed by atoms with E-state index in [0.717, 1.165) is 24.8 Å². The second-order valence-electron chi connectivity index (χ2n) is 7.41. The minimum atomic E-state index is -0.153. The average Bonchev–Trinajstić information content (AvgIpc) is 2.69. The molecule has 0 radical (unpaired) electrons. The maximum atomic E-state index is 9.00. The highest BCUT2D eigenvalue weighted by molar-refractivity contribution is 5.41. The Morgan fingerprint density at radius 3 is 1.96 bits per heavy atom. The Balaban J connectivity index is 2.42. The van der Waals surface area contributed by atoms with Gasteiger partial charge in [0, 0.05) is 5.56 Å². The van der Waals surface area contributed by atoms with E-state index in [1.807, 2.05) is 48.7 Å². The highest BCUT2D eigenvalue weighted by Crippen LogP contribution is 2.45. The lowest BCUT2D eigenvalue weighted by Gasteiger charge is -2.40. The number of nitriles is 2. The lowest BCUT2D eigenvalue weighted by Crippen LogP contribution is -2.33. The van der Waals surface area contributed by atoms with Crippen molar-refractivity contribution >= 4 is 0 Å². The minimum absolute atomic E-state index is 0.0737. The Labute approximate surface area is 162 Å². The van der Waals surface area contributed by atoms with Crippen LogP contribution in [0.15, 0.2) is 48.5 Å². The molecule has 0 spiro atoms. The van der Waals surface area contributed by atoms with E-state index in [4.69, 9.17) is 20.0 Å². The van der Waals surface area contributed by atoms with Crippen LogP contribution in [-0.2, 0) is 10.8 Å². The van der Waals surface area contributed by atoms with E-state index in [1.165, 1.54) is 5.56 Å². The zero-order valence-electron chi connectivity index (χ0n) is 16.5. The van der Waals surface area contributed by atoms with Gasteiger partial charge in [-0.1, -0.05) is 58.0 Å². The predicted octanol–water partition coefficient (Wildman–Crippen LogP) is 5.83. The topological polar surface area (TPSA) is 66.0 Å². The molecular weight excluding hydrogens is 336 g/mol. The van der Waals surface area contributed by atoms with Gasteiger partial charge in [-0.2, -0.15) is 0 Å². The molecule has 0 aliphatic heterocycles. The number of hydrogen-bond donors (Lipinski definition) is 0.